The maximum atomic E-state index is 11.5. The number of carbonyl (C=O) groups excluding carboxylic acids is 1. The number of amides is 1. The molecule has 0 unspecified atom stereocenters. The van der Waals surface area contributed by atoms with Gasteiger partial charge in [0.05, 0.1) is 5.69 Å². The van der Waals surface area contributed by atoms with Gasteiger partial charge in [-0.3, -0.25) is 4.79 Å². The summed E-state index contributed by atoms with van der Waals surface area (Å²) in [6, 6.07) is 7.81. The first kappa shape index (κ1) is 9.77. The predicted molar refractivity (Wildman–Crippen MR) is 61.8 cm³/mol. The smallest absolute Gasteiger partial charge is 0.224 e. The third-order valence-corrected chi connectivity index (χ3v) is 2.35. The molecule has 1 aromatic carbocycles. The normalized spacial score (nSPS) is 10.5. The van der Waals surface area contributed by atoms with Gasteiger partial charge in [0.15, 0.2) is 0 Å². The van der Waals surface area contributed by atoms with Crippen LogP contribution in [0.25, 0.3) is 10.9 Å². The zero-order chi connectivity index (χ0) is 10.7. The van der Waals surface area contributed by atoms with Crippen LogP contribution in [-0.4, -0.2) is 10.9 Å². The van der Waals surface area contributed by atoms with Crippen LogP contribution in [0, 0.1) is 0 Å². The first-order valence-electron chi connectivity index (χ1n) is 5.17. The molecule has 1 aromatic heterocycles. The van der Waals surface area contributed by atoms with E-state index in [0.29, 0.717) is 6.42 Å². The van der Waals surface area contributed by atoms with Gasteiger partial charge in [-0.05, 0) is 24.6 Å². The Balaban J connectivity index is 2.27. The first-order chi connectivity index (χ1) is 7.31. The van der Waals surface area contributed by atoms with Crippen molar-refractivity contribution in [2.75, 3.05) is 5.32 Å². The van der Waals surface area contributed by atoms with Crippen LogP contribution in [0.15, 0.2) is 30.5 Å². The van der Waals surface area contributed by atoms with E-state index in [4.69, 9.17) is 0 Å². The van der Waals surface area contributed by atoms with Crippen molar-refractivity contribution in [1.82, 2.24) is 4.98 Å². The van der Waals surface area contributed by atoms with Crippen molar-refractivity contribution >= 4 is 22.5 Å². The van der Waals surface area contributed by atoms with E-state index < -0.39 is 0 Å². The van der Waals surface area contributed by atoms with Gasteiger partial charge in [0.1, 0.15) is 0 Å². The minimum atomic E-state index is 0.0752. The highest BCUT2D eigenvalue weighted by Gasteiger charge is 2.04. The van der Waals surface area contributed by atoms with Crippen LogP contribution in [0.1, 0.15) is 19.8 Å². The molecule has 0 radical (unpaired) electrons. The summed E-state index contributed by atoms with van der Waals surface area (Å²) in [6.45, 7) is 2.00. The van der Waals surface area contributed by atoms with Gasteiger partial charge in [-0.15, -0.1) is 0 Å². The minimum absolute atomic E-state index is 0.0752. The molecule has 0 fully saturated rings. The fraction of sp³-hybridized carbons (Fsp3) is 0.250. The van der Waals surface area contributed by atoms with Crippen LogP contribution >= 0.6 is 0 Å². The summed E-state index contributed by atoms with van der Waals surface area (Å²) >= 11 is 0. The number of aromatic nitrogens is 1. The van der Waals surface area contributed by atoms with Crippen molar-refractivity contribution in [2.24, 2.45) is 0 Å². The molecule has 0 atom stereocenters. The Kier molecular flexibility index (Phi) is 2.72. The predicted octanol–water partition coefficient (Wildman–Crippen LogP) is 2.91. The zero-order valence-electron chi connectivity index (χ0n) is 8.71. The lowest BCUT2D eigenvalue weighted by molar-refractivity contribution is -0.116. The topological polar surface area (TPSA) is 44.9 Å². The lowest BCUT2D eigenvalue weighted by Gasteiger charge is -2.05. The molecule has 0 bridgehead atoms. The number of aromatic amines is 1. The van der Waals surface area contributed by atoms with E-state index in [1.54, 1.807) is 0 Å². The van der Waals surface area contributed by atoms with Crippen LogP contribution in [0.2, 0.25) is 0 Å². The second-order valence-corrected chi connectivity index (χ2v) is 3.54. The summed E-state index contributed by atoms with van der Waals surface area (Å²) in [7, 11) is 0. The van der Waals surface area contributed by atoms with Crippen molar-refractivity contribution in [1.29, 1.82) is 0 Å². The maximum absolute atomic E-state index is 11.5. The molecule has 0 saturated heterocycles. The molecule has 0 saturated carbocycles. The summed E-state index contributed by atoms with van der Waals surface area (Å²) < 4.78 is 0. The minimum Gasteiger partial charge on any atom is -0.361 e. The Morgan fingerprint density at radius 3 is 3.07 bits per heavy atom. The molecule has 3 heteroatoms. The highest BCUT2D eigenvalue weighted by Crippen LogP contribution is 2.22. The number of benzene rings is 1. The summed E-state index contributed by atoms with van der Waals surface area (Å²) in [5.41, 5.74) is 1.93. The van der Waals surface area contributed by atoms with Crippen molar-refractivity contribution in [2.45, 2.75) is 19.8 Å². The van der Waals surface area contributed by atoms with E-state index in [-0.39, 0.29) is 5.91 Å². The Bertz CT molecular complexity index is 473. The Morgan fingerprint density at radius 2 is 2.27 bits per heavy atom. The molecule has 0 spiro atoms. The van der Waals surface area contributed by atoms with Gasteiger partial charge >= 0.3 is 0 Å². The second-order valence-electron chi connectivity index (χ2n) is 3.54. The van der Waals surface area contributed by atoms with Crippen molar-refractivity contribution in [3.05, 3.63) is 30.5 Å². The number of hydrogen-bond acceptors (Lipinski definition) is 1. The SMILES string of the molecule is CCCC(=O)Nc1cccc2[nH]ccc12. The number of carbonyl (C=O) groups is 1. The van der Waals surface area contributed by atoms with Crippen LogP contribution in [0.3, 0.4) is 0 Å². The summed E-state index contributed by atoms with van der Waals surface area (Å²) in [5, 5.41) is 3.97. The molecule has 3 nitrogen and oxygen atoms in total. The van der Waals surface area contributed by atoms with Crippen molar-refractivity contribution < 1.29 is 4.79 Å². The lowest BCUT2D eigenvalue weighted by Crippen LogP contribution is -2.10. The highest BCUT2D eigenvalue weighted by molar-refractivity contribution is 6.01. The van der Waals surface area contributed by atoms with Crippen LogP contribution in [0.4, 0.5) is 5.69 Å². The largest absolute Gasteiger partial charge is 0.361 e. The van der Waals surface area contributed by atoms with Gasteiger partial charge in [-0.2, -0.15) is 0 Å². The molecule has 2 rings (SSSR count). The van der Waals surface area contributed by atoms with Gasteiger partial charge in [0.25, 0.3) is 0 Å². The Hall–Kier alpha value is -1.77. The third kappa shape index (κ3) is 2.01. The Morgan fingerprint density at radius 1 is 1.40 bits per heavy atom. The average Bonchev–Trinajstić information content (AvgIpc) is 2.67. The maximum Gasteiger partial charge on any atom is 0.224 e. The van der Waals surface area contributed by atoms with E-state index in [0.717, 1.165) is 23.0 Å². The Labute approximate surface area is 88.5 Å². The summed E-state index contributed by atoms with van der Waals surface area (Å²) in [4.78, 5) is 14.6. The van der Waals surface area contributed by atoms with E-state index in [1.807, 2.05) is 37.4 Å². The number of H-pyrrole nitrogens is 1. The lowest BCUT2D eigenvalue weighted by atomic mass is 10.2. The number of anilines is 1. The van der Waals surface area contributed by atoms with Gasteiger partial charge in [0, 0.05) is 23.5 Å². The van der Waals surface area contributed by atoms with Crippen molar-refractivity contribution in [3.8, 4) is 0 Å². The molecule has 2 N–H and O–H groups in total. The highest BCUT2D eigenvalue weighted by atomic mass is 16.1. The number of hydrogen-bond donors (Lipinski definition) is 2. The van der Waals surface area contributed by atoms with Crippen molar-refractivity contribution in [3.63, 3.8) is 0 Å². The molecule has 0 aliphatic heterocycles. The molecule has 0 aliphatic rings. The molecule has 1 heterocycles. The molecular formula is C12H14N2O. The number of rotatable bonds is 3. The third-order valence-electron chi connectivity index (χ3n) is 2.35. The second kappa shape index (κ2) is 4.17. The zero-order valence-corrected chi connectivity index (χ0v) is 8.71. The monoisotopic (exact) mass is 202 g/mol. The van der Waals surface area contributed by atoms with Gasteiger partial charge in [-0.25, -0.2) is 0 Å². The van der Waals surface area contributed by atoms with E-state index in [9.17, 15) is 4.79 Å². The molecular weight excluding hydrogens is 188 g/mol. The van der Waals surface area contributed by atoms with Gasteiger partial charge < -0.3 is 10.3 Å². The average molecular weight is 202 g/mol. The fourth-order valence-corrected chi connectivity index (χ4v) is 1.63. The molecule has 1 amide bonds. The summed E-state index contributed by atoms with van der Waals surface area (Å²) in [6.07, 6.45) is 3.32. The van der Waals surface area contributed by atoms with Gasteiger partial charge in [0.2, 0.25) is 5.91 Å². The van der Waals surface area contributed by atoms with Crippen LogP contribution in [0.5, 0.6) is 0 Å². The van der Waals surface area contributed by atoms with E-state index >= 15 is 0 Å². The fourth-order valence-electron chi connectivity index (χ4n) is 1.63. The quantitative estimate of drug-likeness (QED) is 0.789. The molecule has 2 aromatic rings. The summed E-state index contributed by atoms with van der Waals surface area (Å²) in [5.74, 6) is 0.0752. The molecule has 15 heavy (non-hydrogen) atoms. The molecule has 0 aliphatic carbocycles. The van der Waals surface area contributed by atoms with E-state index in [2.05, 4.69) is 10.3 Å². The first-order valence-corrected chi connectivity index (χ1v) is 5.17. The number of nitrogens with one attached hydrogen (secondary N) is 2. The number of fused-ring (bicyclic) bond motifs is 1. The van der Waals surface area contributed by atoms with Crippen LogP contribution < -0.4 is 5.32 Å². The standard InChI is InChI=1S/C12H14N2O/c1-2-4-12(15)14-11-6-3-5-10-9(11)7-8-13-10/h3,5-8,13H,2,4H2,1H3,(H,14,15). The van der Waals surface area contributed by atoms with E-state index in [1.165, 1.54) is 0 Å². The molecule has 78 valence electrons. The van der Waals surface area contributed by atoms with Gasteiger partial charge in [-0.1, -0.05) is 13.0 Å². The van der Waals surface area contributed by atoms with Crippen LogP contribution in [-0.2, 0) is 4.79 Å².